The van der Waals surface area contributed by atoms with Gasteiger partial charge in [0.25, 0.3) is 0 Å². The van der Waals surface area contributed by atoms with Crippen LogP contribution in [0.5, 0.6) is 5.75 Å². The number of methoxy groups -OCH3 is 1. The molecule has 0 atom stereocenters. The summed E-state index contributed by atoms with van der Waals surface area (Å²) in [6.07, 6.45) is 6.97. The van der Waals surface area contributed by atoms with Crippen LogP contribution in [0.25, 0.3) is 10.2 Å². The van der Waals surface area contributed by atoms with E-state index in [1.165, 1.54) is 0 Å². The fraction of sp³-hybridized carbons (Fsp3) is 0.238. The molecule has 3 aromatic rings. The van der Waals surface area contributed by atoms with Crippen LogP contribution in [0.2, 0.25) is 0 Å². The molecule has 0 radical (unpaired) electrons. The lowest BCUT2D eigenvalue weighted by Gasteiger charge is -2.06. The molecule has 1 heterocycles. The van der Waals surface area contributed by atoms with Crippen LogP contribution in [0.3, 0.4) is 0 Å². The Balaban J connectivity index is 1.65. The lowest BCUT2D eigenvalue weighted by molar-refractivity contribution is -0.116. The Morgan fingerprint density at radius 3 is 3.00 bits per heavy atom. The van der Waals surface area contributed by atoms with Gasteiger partial charge in [-0.2, -0.15) is 0 Å². The van der Waals surface area contributed by atoms with Gasteiger partial charge >= 0.3 is 0 Å². The number of ether oxygens (including phenoxy) is 1. The number of nitrogens with zero attached hydrogens (tertiary/aromatic N) is 1. The standard InChI is InChI=1S/C21H20N2O2S2/c1-3-4-5-10-20(24)22-16-11-12-17-19(13-16)27-21(23-17)26-14-15-8-6-7-9-18(15)25-2/h1,6-9,11-13H,4-5,10,14H2,2H3,(H,22,24). The maximum Gasteiger partial charge on any atom is 0.224 e. The number of carbonyl (C=O) groups excluding carboxylic acids is 1. The van der Waals surface area contributed by atoms with Crippen LogP contribution >= 0.6 is 23.1 Å². The molecule has 0 unspecified atom stereocenters. The molecule has 4 nitrogen and oxygen atoms in total. The zero-order chi connectivity index (χ0) is 19.1. The minimum atomic E-state index is -0.0140. The topological polar surface area (TPSA) is 51.2 Å². The van der Waals surface area contributed by atoms with Gasteiger partial charge < -0.3 is 10.1 Å². The highest BCUT2D eigenvalue weighted by molar-refractivity contribution is 8.00. The van der Waals surface area contributed by atoms with E-state index in [1.807, 2.05) is 36.4 Å². The Hall–Kier alpha value is -2.49. The van der Waals surface area contributed by atoms with Crippen LogP contribution in [-0.4, -0.2) is 18.0 Å². The number of terminal acetylenes is 1. The van der Waals surface area contributed by atoms with Gasteiger partial charge in [-0.05, 0) is 30.7 Å². The van der Waals surface area contributed by atoms with Crippen molar-refractivity contribution in [3.05, 3.63) is 48.0 Å². The molecule has 1 aromatic heterocycles. The maximum absolute atomic E-state index is 11.9. The molecule has 0 aliphatic heterocycles. The first-order chi connectivity index (χ1) is 13.2. The van der Waals surface area contributed by atoms with Gasteiger partial charge in [-0.25, -0.2) is 4.98 Å². The number of para-hydroxylation sites is 1. The molecule has 138 valence electrons. The fourth-order valence-corrected chi connectivity index (χ4v) is 4.68. The third-order valence-corrected chi connectivity index (χ3v) is 6.13. The van der Waals surface area contributed by atoms with Crippen molar-refractivity contribution >= 4 is 44.9 Å². The van der Waals surface area contributed by atoms with Crippen LogP contribution in [0.4, 0.5) is 5.69 Å². The lowest BCUT2D eigenvalue weighted by atomic mass is 10.2. The van der Waals surface area contributed by atoms with Gasteiger partial charge in [-0.3, -0.25) is 4.79 Å². The van der Waals surface area contributed by atoms with E-state index in [1.54, 1.807) is 30.2 Å². The molecular weight excluding hydrogens is 376 g/mol. The largest absolute Gasteiger partial charge is 0.496 e. The molecule has 0 saturated heterocycles. The second-order valence-corrected chi connectivity index (χ2v) is 8.12. The molecule has 0 spiro atoms. The number of thiazole rings is 1. The normalized spacial score (nSPS) is 10.5. The number of hydrogen-bond acceptors (Lipinski definition) is 5. The first kappa shape index (κ1) is 19.3. The number of unbranched alkanes of at least 4 members (excludes halogenated alkanes) is 1. The summed E-state index contributed by atoms with van der Waals surface area (Å²) in [7, 11) is 1.68. The number of amides is 1. The Kier molecular flexibility index (Phi) is 6.74. The Morgan fingerprint density at radius 1 is 1.33 bits per heavy atom. The average Bonchev–Trinajstić information content (AvgIpc) is 3.09. The van der Waals surface area contributed by atoms with Crippen LogP contribution in [0, 0.1) is 12.3 Å². The van der Waals surface area contributed by atoms with Crippen LogP contribution in [0.1, 0.15) is 24.8 Å². The van der Waals surface area contributed by atoms with E-state index in [4.69, 9.17) is 11.2 Å². The van der Waals surface area contributed by atoms with Gasteiger partial charge in [0.2, 0.25) is 5.91 Å². The van der Waals surface area contributed by atoms with Crippen molar-refractivity contribution in [1.82, 2.24) is 4.98 Å². The summed E-state index contributed by atoms with van der Waals surface area (Å²) >= 11 is 3.31. The number of thioether (sulfide) groups is 1. The van der Waals surface area contributed by atoms with Gasteiger partial charge in [0.05, 0.1) is 17.3 Å². The number of nitrogens with one attached hydrogen (secondary N) is 1. The molecule has 1 N–H and O–H groups in total. The zero-order valence-electron chi connectivity index (χ0n) is 15.0. The summed E-state index contributed by atoms with van der Waals surface area (Å²) < 4.78 is 7.45. The van der Waals surface area contributed by atoms with E-state index >= 15 is 0 Å². The minimum Gasteiger partial charge on any atom is -0.496 e. The minimum absolute atomic E-state index is 0.0140. The third-order valence-electron chi connectivity index (χ3n) is 3.92. The highest BCUT2D eigenvalue weighted by Crippen LogP contribution is 2.34. The van der Waals surface area contributed by atoms with Crippen molar-refractivity contribution in [3.8, 4) is 18.1 Å². The molecule has 1 amide bonds. The number of fused-ring (bicyclic) bond motifs is 1. The van der Waals surface area contributed by atoms with E-state index in [0.29, 0.717) is 19.3 Å². The van der Waals surface area contributed by atoms with Crippen molar-refractivity contribution in [2.24, 2.45) is 0 Å². The molecule has 0 aliphatic rings. The second kappa shape index (κ2) is 9.45. The number of hydrogen-bond donors (Lipinski definition) is 1. The molecule has 2 aromatic carbocycles. The van der Waals surface area contributed by atoms with Crippen molar-refractivity contribution in [3.63, 3.8) is 0 Å². The SMILES string of the molecule is C#CCCCC(=O)Nc1ccc2nc(SCc3ccccc3OC)sc2c1. The molecule has 3 rings (SSSR count). The Bertz CT molecular complexity index is 976. The predicted octanol–water partition coefficient (Wildman–Crippen LogP) is 5.34. The van der Waals surface area contributed by atoms with Crippen LogP contribution in [0.15, 0.2) is 46.8 Å². The quantitative estimate of drug-likeness (QED) is 0.317. The van der Waals surface area contributed by atoms with Crippen molar-refractivity contribution in [2.75, 3.05) is 12.4 Å². The van der Waals surface area contributed by atoms with E-state index in [0.717, 1.165) is 37.3 Å². The predicted molar refractivity (Wildman–Crippen MR) is 113 cm³/mol. The van der Waals surface area contributed by atoms with E-state index in [2.05, 4.69) is 22.3 Å². The maximum atomic E-state index is 11.9. The summed E-state index contributed by atoms with van der Waals surface area (Å²) in [6, 6.07) is 13.8. The first-order valence-electron chi connectivity index (χ1n) is 8.58. The summed E-state index contributed by atoms with van der Waals surface area (Å²) in [5, 5.41) is 2.92. The summed E-state index contributed by atoms with van der Waals surface area (Å²) in [5.41, 5.74) is 2.87. The van der Waals surface area contributed by atoms with Crippen LogP contribution < -0.4 is 10.1 Å². The summed E-state index contributed by atoms with van der Waals surface area (Å²) in [5.74, 6) is 4.22. The number of anilines is 1. The summed E-state index contributed by atoms with van der Waals surface area (Å²) in [6.45, 7) is 0. The first-order valence-corrected chi connectivity index (χ1v) is 10.4. The smallest absolute Gasteiger partial charge is 0.224 e. The molecule has 0 bridgehead atoms. The van der Waals surface area contributed by atoms with Gasteiger partial charge in [0.15, 0.2) is 4.34 Å². The molecular formula is C21H20N2O2S2. The van der Waals surface area contributed by atoms with Gasteiger partial charge in [0.1, 0.15) is 5.75 Å². The molecule has 0 fully saturated rings. The van der Waals surface area contributed by atoms with E-state index in [9.17, 15) is 4.79 Å². The number of rotatable bonds is 8. The number of aromatic nitrogens is 1. The van der Waals surface area contributed by atoms with Crippen molar-refractivity contribution in [2.45, 2.75) is 29.4 Å². The third kappa shape index (κ3) is 5.25. The average molecular weight is 397 g/mol. The molecule has 27 heavy (non-hydrogen) atoms. The molecule has 0 aliphatic carbocycles. The van der Waals surface area contributed by atoms with Gasteiger partial charge in [0, 0.05) is 29.8 Å². The van der Waals surface area contributed by atoms with Gasteiger partial charge in [-0.1, -0.05) is 30.0 Å². The Labute approximate surface area is 167 Å². The Morgan fingerprint density at radius 2 is 2.19 bits per heavy atom. The van der Waals surface area contributed by atoms with Crippen LogP contribution in [-0.2, 0) is 10.5 Å². The van der Waals surface area contributed by atoms with E-state index in [-0.39, 0.29) is 5.91 Å². The zero-order valence-corrected chi connectivity index (χ0v) is 16.7. The highest BCUT2D eigenvalue weighted by atomic mass is 32.2. The number of carbonyl (C=O) groups is 1. The fourth-order valence-electron chi connectivity index (χ4n) is 2.58. The number of benzene rings is 2. The van der Waals surface area contributed by atoms with E-state index < -0.39 is 0 Å². The highest BCUT2D eigenvalue weighted by Gasteiger charge is 2.09. The van der Waals surface area contributed by atoms with Crippen molar-refractivity contribution < 1.29 is 9.53 Å². The second-order valence-electron chi connectivity index (χ2n) is 5.87. The molecule has 0 saturated carbocycles. The lowest BCUT2D eigenvalue weighted by Crippen LogP contribution is -2.10. The van der Waals surface area contributed by atoms with Crippen molar-refractivity contribution in [1.29, 1.82) is 0 Å². The van der Waals surface area contributed by atoms with Gasteiger partial charge in [-0.15, -0.1) is 23.7 Å². The monoisotopic (exact) mass is 396 g/mol. The summed E-state index contributed by atoms with van der Waals surface area (Å²) in [4.78, 5) is 16.6. The molecule has 6 heteroatoms.